The van der Waals surface area contributed by atoms with Crippen LogP contribution in [0.25, 0.3) is 0 Å². The van der Waals surface area contributed by atoms with Gasteiger partial charge in [0.25, 0.3) is 11.8 Å². The Bertz CT molecular complexity index is 904. The number of carbonyl (C=O) groups is 2. The Kier molecular flexibility index (Phi) is 5.34. The molecule has 0 aliphatic carbocycles. The van der Waals surface area contributed by atoms with Crippen LogP contribution in [-0.4, -0.2) is 18.9 Å². The summed E-state index contributed by atoms with van der Waals surface area (Å²) < 4.78 is 10.4. The molecular weight excluding hydrogens is 332 g/mol. The monoisotopic (exact) mass is 350 g/mol. The van der Waals surface area contributed by atoms with E-state index in [1.54, 1.807) is 66.9 Å². The quantitative estimate of drug-likeness (QED) is 0.713. The first-order chi connectivity index (χ1) is 12.7. The molecule has 0 saturated carbocycles. The highest BCUT2D eigenvalue weighted by Crippen LogP contribution is 2.19. The molecule has 26 heavy (non-hydrogen) atoms. The normalized spacial score (nSPS) is 10.2. The summed E-state index contributed by atoms with van der Waals surface area (Å²) in [4.78, 5) is 24.7. The van der Waals surface area contributed by atoms with Crippen molar-refractivity contribution in [3.63, 3.8) is 0 Å². The van der Waals surface area contributed by atoms with Crippen molar-refractivity contribution in [2.45, 2.75) is 6.54 Å². The van der Waals surface area contributed by atoms with Crippen molar-refractivity contribution in [1.82, 2.24) is 5.32 Å². The van der Waals surface area contributed by atoms with Gasteiger partial charge >= 0.3 is 0 Å². The Morgan fingerprint density at radius 2 is 1.85 bits per heavy atom. The zero-order chi connectivity index (χ0) is 18.4. The van der Waals surface area contributed by atoms with Gasteiger partial charge in [0.2, 0.25) is 0 Å². The second-order valence-electron chi connectivity index (χ2n) is 5.50. The molecule has 6 nitrogen and oxygen atoms in total. The Balaban J connectivity index is 1.68. The first-order valence-electron chi connectivity index (χ1n) is 8.02. The maximum Gasteiger partial charge on any atom is 0.259 e. The third-order valence-corrected chi connectivity index (χ3v) is 3.74. The average molecular weight is 350 g/mol. The summed E-state index contributed by atoms with van der Waals surface area (Å²) in [6.45, 7) is 0.295. The molecular formula is C20H18N2O4. The highest BCUT2D eigenvalue weighted by Gasteiger charge is 2.13. The number of ether oxygens (including phenoxy) is 1. The maximum absolute atomic E-state index is 12.5. The number of nitrogens with one attached hydrogen (secondary N) is 2. The minimum atomic E-state index is -0.310. The Morgan fingerprint density at radius 1 is 1.00 bits per heavy atom. The fourth-order valence-corrected chi connectivity index (χ4v) is 2.45. The Labute approximate surface area is 150 Å². The van der Waals surface area contributed by atoms with E-state index in [4.69, 9.17) is 9.15 Å². The van der Waals surface area contributed by atoms with Gasteiger partial charge in [-0.25, -0.2) is 0 Å². The van der Waals surface area contributed by atoms with E-state index in [1.807, 2.05) is 0 Å². The summed E-state index contributed by atoms with van der Waals surface area (Å²) in [5.74, 6) is 0.585. The van der Waals surface area contributed by atoms with Gasteiger partial charge in [-0.15, -0.1) is 0 Å². The van der Waals surface area contributed by atoms with Crippen molar-refractivity contribution in [2.24, 2.45) is 0 Å². The molecule has 2 aromatic carbocycles. The average Bonchev–Trinajstić information content (AvgIpc) is 3.20. The van der Waals surface area contributed by atoms with Crippen molar-refractivity contribution < 1.29 is 18.7 Å². The fourth-order valence-electron chi connectivity index (χ4n) is 2.45. The summed E-state index contributed by atoms with van der Waals surface area (Å²) in [5, 5.41) is 5.55. The number of anilines is 1. The highest BCUT2D eigenvalue weighted by molar-refractivity contribution is 6.06. The van der Waals surface area contributed by atoms with E-state index in [0.29, 0.717) is 34.9 Å². The van der Waals surface area contributed by atoms with E-state index in [0.717, 1.165) is 0 Å². The van der Waals surface area contributed by atoms with Gasteiger partial charge in [-0.2, -0.15) is 0 Å². The first-order valence-corrected chi connectivity index (χ1v) is 8.02. The van der Waals surface area contributed by atoms with Crippen LogP contribution in [0.4, 0.5) is 5.69 Å². The van der Waals surface area contributed by atoms with E-state index < -0.39 is 0 Å². The maximum atomic E-state index is 12.5. The van der Waals surface area contributed by atoms with Gasteiger partial charge in [0.05, 0.1) is 25.5 Å². The SMILES string of the molecule is COc1ccccc1C(=O)Nc1cccc(C(=O)NCc2ccco2)c1. The predicted octanol–water partition coefficient (Wildman–Crippen LogP) is 3.47. The van der Waals surface area contributed by atoms with E-state index in [-0.39, 0.29) is 11.8 Å². The molecule has 0 atom stereocenters. The minimum absolute atomic E-state index is 0.255. The molecule has 0 unspecified atom stereocenters. The van der Waals surface area contributed by atoms with Crippen LogP contribution in [0.2, 0.25) is 0 Å². The van der Waals surface area contributed by atoms with Gasteiger partial charge in [-0.1, -0.05) is 18.2 Å². The van der Waals surface area contributed by atoms with Crippen LogP contribution in [0.3, 0.4) is 0 Å². The molecule has 0 radical (unpaired) electrons. The number of methoxy groups -OCH3 is 1. The van der Waals surface area contributed by atoms with Gasteiger partial charge in [-0.3, -0.25) is 9.59 Å². The summed E-state index contributed by atoms with van der Waals surface area (Å²) >= 11 is 0. The van der Waals surface area contributed by atoms with Crippen LogP contribution in [0.1, 0.15) is 26.5 Å². The van der Waals surface area contributed by atoms with E-state index in [9.17, 15) is 9.59 Å². The molecule has 0 spiro atoms. The summed E-state index contributed by atoms with van der Waals surface area (Å²) in [5.41, 5.74) is 1.38. The lowest BCUT2D eigenvalue weighted by Gasteiger charge is -2.10. The summed E-state index contributed by atoms with van der Waals surface area (Å²) in [6.07, 6.45) is 1.55. The van der Waals surface area contributed by atoms with Gasteiger partial charge in [0.1, 0.15) is 11.5 Å². The van der Waals surface area contributed by atoms with Crippen LogP contribution in [-0.2, 0) is 6.54 Å². The molecule has 3 rings (SSSR count). The third-order valence-electron chi connectivity index (χ3n) is 3.74. The number of hydrogen-bond donors (Lipinski definition) is 2. The molecule has 6 heteroatoms. The zero-order valence-electron chi connectivity index (χ0n) is 14.2. The lowest BCUT2D eigenvalue weighted by Crippen LogP contribution is -2.22. The molecule has 0 saturated heterocycles. The van der Waals surface area contributed by atoms with Crippen LogP contribution in [0.15, 0.2) is 71.3 Å². The van der Waals surface area contributed by atoms with Gasteiger partial charge in [0, 0.05) is 11.3 Å². The number of rotatable bonds is 6. The van der Waals surface area contributed by atoms with Crippen LogP contribution >= 0.6 is 0 Å². The number of benzene rings is 2. The van der Waals surface area contributed by atoms with Crippen molar-refractivity contribution in [1.29, 1.82) is 0 Å². The topological polar surface area (TPSA) is 80.6 Å². The number of furan rings is 1. The fraction of sp³-hybridized carbons (Fsp3) is 0.100. The van der Waals surface area contributed by atoms with E-state index >= 15 is 0 Å². The number of hydrogen-bond acceptors (Lipinski definition) is 4. The van der Waals surface area contributed by atoms with Crippen molar-refractivity contribution in [3.8, 4) is 5.75 Å². The molecule has 0 aliphatic rings. The highest BCUT2D eigenvalue weighted by atomic mass is 16.5. The molecule has 0 fully saturated rings. The van der Waals surface area contributed by atoms with Crippen molar-refractivity contribution in [3.05, 3.63) is 83.8 Å². The minimum Gasteiger partial charge on any atom is -0.496 e. The molecule has 132 valence electrons. The van der Waals surface area contributed by atoms with Gasteiger partial charge in [0.15, 0.2) is 0 Å². The largest absolute Gasteiger partial charge is 0.496 e. The predicted molar refractivity (Wildman–Crippen MR) is 97.3 cm³/mol. The van der Waals surface area contributed by atoms with E-state index in [1.165, 1.54) is 7.11 Å². The second kappa shape index (κ2) is 8.02. The Hall–Kier alpha value is -3.54. The van der Waals surface area contributed by atoms with Crippen molar-refractivity contribution >= 4 is 17.5 Å². The van der Waals surface area contributed by atoms with Crippen LogP contribution in [0, 0.1) is 0 Å². The molecule has 2 N–H and O–H groups in total. The smallest absolute Gasteiger partial charge is 0.259 e. The van der Waals surface area contributed by atoms with Gasteiger partial charge in [-0.05, 0) is 42.5 Å². The molecule has 0 bridgehead atoms. The lowest BCUT2D eigenvalue weighted by molar-refractivity contribution is 0.0946. The van der Waals surface area contributed by atoms with E-state index in [2.05, 4.69) is 10.6 Å². The van der Waals surface area contributed by atoms with Gasteiger partial charge < -0.3 is 19.8 Å². The third kappa shape index (κ3) is 4.10. The summed E-state index contributed by atoms with van der Waals surface area (Å²) in [6, 6.07) is 17.2. The Morgan fingerprint density at radius 3 is 2.62 bits per heavy atom. The summed E-state index contributed by atoms with van der Waals surface area (Å²) in [7, 11) is 1.51. The zero-order valence-corrected chi connectivity index (χ0v) is 14.2. The standard InChI is InChI=1S/C20H18N2O4/c1-25-18-10-3-2-9-17(18)20(24)22-15-7-4-6-14(12-15)19(23)21-13-16-8-5-11-26-16/h2-12H,13H2,1H3,(H,21,23)(H,22,24). The number of carbonyl (C=O) groups excluding carboxylic acids is 2. The molecule has 0 aliphatic heterocycles. The lowest BCUT2D eigenvalue weighted by atomic mass is 10.1. The number of amides is 2. The first kappa shape index (κ1) is 17.3. The molecule has 1 heterocycles. The number of para-hydroxylation sites is 1. The van der Waals surface area contributed by atoms with Crippen molar-refractivity contribution in [2.75, 3.05) is 12.4 Å². The second-order valence-corrected chi connectivity index (χ2v) is 5.50. The molecule has 1 aromatic heterocycles. The van der Waals surface area contributed by atoms with Crippen LogP contribution in [0.5, 0.6) is 5.75 Å². The molecule has 2 amide bonds. The van der Waals surface area contributed by atoms with Crippen LogP contribution < -0.4 is 15.4 Å². The molecule has 3 aromatic rings.